The van der Waals surface area contributed by atoms with E-state index in [-0.39, 0.29) is 88.6 Å². The van der Waals surface area contributed by atoms with Gasteiger partial charge in [0, 0.05) is 60.2 Å². The number of phenols is 1. The second kappa shape index (κ2) is 28.0. The van der Waals surface area contributed by atoms with Crippen molar-refractivity contribution in [1.82, 2.24) is 24.3 Å². The zero-order chi connectivity index (χ0) is 59.6. The van der Waals surface area contributed by atoms with Gasteiger partial charge in [-0.05, 0) is 138 Å². The number of phenolic OH excluding ortho intramolecular Hbond substituents is 1. The van der Waals surface area contributed by atoms with Crippen LogP contribution in [0.5, 0.6) is 11.5 Å². The van der Waals surface area contributed by atoms with Crippen LogP contribution in [0.1, 0.15) is 92.4 Å². The summed E-state index contributed by atoms with van der Waals surface area (Å²) in [6.45, 7) is 15.5. The van der Waals surface area contributed by atoms with Crippen LogP contribution in [0, 0.1) is 19.8 Å². The van der Waals surface area contributed by atoms with Gasteiger partial charge in [0.25, 0.3) is 10.0 Å². The van der Waals surface area contributed by atoms with Crippen molar-refractivity contribution in [3.8, 4) is 45.4 Å². The monoisotopic (exact) mass is 1250 g/mol. The van der Waals surface area contributed by atoms with Crippen molar-refractivity contribution >= 4 is 33.2 Å². The Balaban J connectivity index is 0.000000331. The van der Waals surface area contributed by atoms with E-state index in [1.54, 1.807) is 67.5 Å². The van der Waals surface area contributed by atoms with Crippen molar-refractivity contribution in [3.63, 3.8) is 0 Å². The summed E-state index contributed by atoms with van der Waals surface area (Å²) in [4.78, 5) is 12.7. The molecule has 7 aromatic rings. The molecule has 1 aliphatic rings. The Morgan fingerprint density at radius 3 is 1.66 bits per heavy atom. The third-order valence-electron chi connectivity index (χ3n) is 13.0. The number of allylic oxidation sites excluding steroid dienone is 3. The normalized spacial score (nSPS) is 14.5. The first-order valence-corrected chi connectivity index (χ1v) is 28.3. The van der Waals surface area contributed by atoms with E-state index in [1.807, 2.05) is 38.5 Å². The molecule has 0 saturated heterocycles. The molecular formula is C57H59BF6N7O8S2Y-. The number of alkyl halides is 6. The second-order valence-electron chi connectivity index (χ2n) is 19.3. The van der Waals surface area contributed by atoms with Gasteiger partial charge >= 0.3 is 42.6 Å². The van der Waals surface area contributed by atoms with Crippen molar-refractivity contribution in [2.75, 3.05) is 0 Å². The summed E-state index contributed by atoms with van der Waals surface area (Å²) in [5.74, 6) is -0.385. The van der Waals surface area contributed by atoms with E-state index in [4.69, 9.17) is 15.1 Å². The Morgan fingerprint density at radius 1 is 0.780 bits per heavy atom. The number of rotatable bonds is 14. The molecule has 431 valence electrons. The van der Waals surface area contributed by atoms with Crippen molar-refractivity contribution in [3.05, 3.63) is 184 Å². The zero-order valence-corrected chi connectivity index (χ0v) is 50.0. The van der Waals surface area contributed by atoms with Crippen LogP contribution in [-0.2, 0) is 71.5 Å². The average Bonchev–Trinajstić information content (AvgIpc) is 4.07. The van der Waals surface area contributed by atoms with Crippen LogP contribution in [0.4, 0.5) is 31.1 Å². The molecule has 2 heterocycles. The number of sulfonamides is 2. The first kappa shape index (κ1) is 66.1. The molecule has 0 aliphatic heterocycles. The number of nitrogens with one attached hydrogen (secondary N) is 2. The van der Waals surface area contributed by atoms with E-state index >= 15 is 0 Å². The predicted octanol–water partition coefficient (Wildman–Crippen LogP) is 14.7. The van der Waals surface area contributed by atoms with Gasteiger partial charge in [0.2, 0.25) is 0 Å². The molecule has 2 atom stereocenters. The third-order valence-corrected chi connectivity index (χ3v) is 15.2. The fourth-order valence-corrected chi connectivity index (χ4v) is 10.2. The van der Waals surface area contributed by atoms with Gasteiger partial charge in [0.1, 0.15) is 11.5 Å². The number of carbonyl (C=O) groups excluding carboxylic acids is 1. The Morgan fingerprint density at radius 2 is 1.24 bits per heavy atom. The molecule has 1 aliphatic carbocycles. The molecule has 5 aromatic carbocycles. The van der Waals surface area contributed by atoms with Gasteiger partial charge in [-0.25, -0.2) is 35.7 Å². The first-order valence-electron chi connectivity index (χ1n) is 25.3. The summed E-state index contributed by atoms with van der Waals surface area (Å²) in [5, 5.41) is 35.8. The Labute approximate surface area is 498 Å². The molecule has 0 spiro atoms. The molecule has 0 fully saturated rings. The summed E-state index contributed by atoms with van der Waals surface area (Å²) >= 11 is 0. The number of carbonyl (C=O) groups is 1. The molecular weight excluding hydrogens is 1190 g/mol. The van der Waals surface area contributed by atoms with Gasteiger partial charge in [0.15, 0.2) is 11.4 Å². The van der Waals surface area contributed by atoms with Gasteiger partial charge in [-0.3, -0.25) is 0 Å². The van der Waals surface area contributed by atoms with E-state index in [0.717, 1.165) is 106 Å². The van der Waals surface area contributed by atoms with Crippen LogP contribution in [0.2, 0.25) is 6.82 Å². The SMILES string of the molecule is C=C(C)C1CCC(C)=CC1c1c(O)cc(CCCCC)cc1OC(=O)NS(=O)(=O)c1ccc(-n2nc(C(F)(F)F)cc2-c2ccc(C)cc2)cc1.CB=NO.Cc1ccc(-c2cc(C(F)(F)F)nn2-c2ccc(S([NH-])(=O)=O)cc2)cc1.[Y]. The Hall–Kier alpha value is -6.72. The number of aromatic nitrogens is 4. The molecule has 4 N–H and O–H groups in total. The minimum atomic E-state index is -4.71. The summed E-state index contributed by atoms with van der Waals surface area (Å²) in [6.07, 6.45) is -3.49. The van der Waals surface area contributed by atoms with Crippen LogP contribution < -0.4 is 9.46 Å². The van der Waals surface area contributed by atoms with E-state index in [0.29, 0.717) is 23.1 Å². The largest absolute Gasteiger partial charge is 0.560 e. The van der Waals surface area contributed by atoms with Crippen LogP contribution in [0.3, 0.4) is 0 Å². The number of hydrogen-bond acceptors (Lipinski definition) is 11. The molecule has 0 bridgehead atoms. The maximum absolute atomic E-state index is 13.7. The van der Waals surface area contributed by atoms with Gasteiger partial charge in [-0.15, -0.1) is 0 Å². The number of unbranched alkanes of at least 4 members (excludes halogenated alkanes) is 2. The van der Waals surface area contributed by atoms with E-state index in [9.17, 15) is 53.1 Å². The molecule has 0 saturated carbocycles. The second-order valence-corrected chi connectivity index (χ2v) is 22.4. The van der Waals surface area contributed by atoms with Crippen molar-refractivity contribution in [2.24, 2.45) is 11.0 Å². The number of aryl methyl sites for hydroxylation is 3. The number of benzene rings is 5. The molecule has 2 aromatic heterocycles. The summed E-state index contributed by atoms with van der Waals surface area (Å²) in [5.41, 5.74) is 4.69. The van der Waals surface area contributed by atoms with Crippen LogP contribution in [0.25, 0.3) is 39.0 Å². The van der Waals surface area contributed by atoms with Crippen LogP contribution >= 0.6 is 0 Å². The van der Waals surface area contributed by atoms with Crippen molar-refractivity contribution < 1.29 is 95.7 Å². The predicted molar refractivity (Wildman–Crippen MR) is 297 cm³/mol. The quantitative estimate of drug-likeness (QED) is 0.0307. The van der Waals surface area contributed by atoms with Gasteiger partial charge in [0.05, 0.1) is 37.7 Å². The molecule has 1 radical (unpaired) electrons. The van der Waals surface area contributed by atoms with Crippen molar-refractivity contribution in [1.29, 1.82) is 0 Å². The van der Waals surface area contributed by atoms with E-state index in [1.165, 1.54) is 31.3 Å². The third kappa shape index (κ3) is 17.2. The fraction of sp³-hybridized carbons (Fsp3) is 0.281. The minimum Gasteiger partial charge on any atom is -0.560 e. The maximum Gasteiger partial charge on any atom is 0.435 e. The molecule has 2 unspecified atom stereocenters. The number of amides is 1. The topological polar surface area (TPSA) is 219 Å². The van der Waals surface area contributed by atoms with Gasteiger partial charge < -0.3 is 15.0 Å². The standard InChI is InChI=1S/C39H42F3N3O5S.C17H13F3N3O2S.CH4BNO.Y/c1-6-7-8-9-27-21-34(46)37(32-20-26(5)12-19-31(32)24(2)3)35(22-27)50-38(47)44-51(48,49)30-17-15-29(16-18-30)45-33(23-36(43-45)39(40,41)42)28-13-10-25(4)11-14-28;1-11-2-4-12(5-3-11)15-10-16(17(18,19)20)22-23(15)13-6-8-14(9-7-13)26(21,24)25;1-2-3-4;/h10-11,13-18,20-23,31-32,46H,2,6-9,12,19H2,1,3-5H3,(H,44,47);2-10H,1H3,(H-,21,24,25);4H,1H3;/q;-1;;. The number of ether oxygens (including phenoxy) is 1. The number of aromatic hydroxyl groups is 1. The smallest absolute Gasteiger partial charge is 0.435 e. The van der Waals surface area contributed by atoms with E-state index in [2.05, 4.69) is 28.8 Å². The summed E-state index contributed by atoms with van der Waals surface area (Å²) in [6, 6.07) is 28.9. The number of hydrogen-bond donors (Lipinski definition) is 3. The molecule has 82 heavy (non-hydrogen) atoms. The Kier molecular flexibility index (Phi) is 22.6. The van der Waals surface area contributed by atoms with E-state index < -0.39 is 49.9 Å². The number of nitrogens with zero attached hydrogens (tertiary/aromatic N) is 5. The van der Waals surface area contributed by atoms with Crippen LogP contribution in [-0.4, -0.2) is 59.9 Å². The molecule has 8 rings (SSSR count). The Bertz CT molecular complexity index is 3650. The van der Waals surface area contributed by atoms with Gasteiger partial charge in [-0.2, -0.15) is 36.5 Å². The average molecular weight is 1250 g/mol. The minimum absolute atomic E-state index is 0. The van der Waals surface area contributed by atoms with Crippen LogP contribution in [0.15, 0.2) is 160 Å². The molecule has 1 amide bonds. The van der Waals surface area contributed by atoms with Gasteiger partial charge in [-0.1, -0.05) is 103 Å². The maximum atomic E-state index is 13.7. The summed E-state index contributed by atoms with van der Waals surface area (Å²) < 4.78 is 139. The fourth-order valence-electron chi connectivity index (χ4n) is 8.83. The summed E-state index contributed by atoms with van der Waals surface area (Å²) in [7, 11) is -7.34. The first-order chi connectivity index (χ1) is 38.0. The molecule has 15 nitrogen and oxygen atoms in total. The zero-order valence-electron chi connectivity index (χ0n) is 45.5. The van der Waals surface area contributed by atoms with Crippen molar-refractivity contribution in [2.45, 2.75) is 108 Å². The molecule has 25 heteroatoms. The number of halogens is 6.